The largest absolute Gasteiger partial charge is 0.450 e. The number of hydrogen-bond acceptors (Lipinski definition) is 5. The Labute approximate surface area is 174 Å². The van der Waals surface area contributed by atoms with Gasteiger partial charge in [-0.25, -0.2) is 0 Å². The average molecular weight is 406 g/mol. The van der Waals surface area contributed by atoms with Crippen molar-refractivity contribution in [2.75, 3.05) is 13.6 Å². The summed E-state index contributed by atoms with van der Waals surface area (Å²) in [6.07, 6.45) is 8.07. The van der Waals surface area contributed by atoms with Crippen LogP contribution in [-0.4, -0.2) is 18.6 Å². The lowest BCUT2D eigenvalue weighted by molar-refractivity contribution is 0.489. The SMILES string of the molecule is C/C=C\CN/C(=C\C)CC.CCc1cc(-c2ccc(S)o2)c(C)[nH]c1=O.CN. The van der Waals surface area contributed by atoms with Crippen molar-refractivity contribution in [1.82, 2.24) is 10.3 Å². The van der Waals surface area contributed by atoms with Crippen molar-refractivity contribution in [3.63, 3.8) is 0 Å². The monoisotopic (exact) mass is 405 g/mol. The van der Waals surface area contributed by atoms with Gasteiger partial charge in [0, 0.05) is 29.1 Å². The standard InChI is InChI=1S/C12H13NO2S.C9H17N.CH5N/c1-3-8-6-9(7(2)13-12(8)14)10-4-5-11(16)15-10;1-4-7-8-10-9(5-2)6-3;1-2/h4-6,16H,3H2,1-2H3,(H,13,14);4-5,7,10H,6,8H2,1-3H3;2H2,1H3/b;7-4-,9-5-;. The van der Waals surface area contributed by atoms with Gasteiger partial charge in [0.15, 0.2) is 5.09 Å². The Bertz CT molecular complexity index is 804. The number of allylic oxidation sites excluding steroid dienone is 3. The molecule has 0 aromatic carbocycles. The maximum atomic E-state index is 11.6. The lowest BCUT2D eigenvalue weighted by Gasteiger charge is -2.04. The van der Waals surface area contributed by atoms with Crippen LogP contribution in [0, 0.1) is 6.92 Å². The summed E-state index contributed by atoms with van der Waals surface area (Å²) in [7, 11) is 1.50. The highest BCUT2D eigenvalue weighted by Crippen LogP contribution is 2.25. The molecule has 0 saturated carbocycles. The van der Waals surface area contributed by atoms with Gasteiger partial charge < -0.3 is 20.5 Å². The predicted molar refractivity (Wildman–Crippen MR) is 123 cm³/mol. The molecule has 2 rings (SSSR count). The first-order valence-corrected chi connectivity index (χ1v) is 10.0. The Morgan fingerprint density at radius 2 is 1.96 bits per heavy atom. The summed E-state index contributed by atoms with van der Waals surface area (Å²) in [6.45, 7) is 11.0. The van der Waals surface area contributed by atoms with Crippen LogP contribution in [-0.2, 0) is 6.42 Å². The van der Waals surface area contributed by atoms with Gasteiger partial charge in [0.05, 0.1) is 0 Å². The van der Waals surface area contributed by atoms with Crippen LogP contribution in [0.1, 0.15) is 45.4 Å². The van der Waals surface area contributed by atoms with Gasteiger partial charge in [0.2, 0.25) is 0 Å². The molecule has 0 atom stereocenters. The third-order valence-electron chi connectivity index (χ3n) is 3.97. The molecule has 0 aliphatic rings. The molecule has 6 heteroatoms. The Kier molecular flexibility index (Phi) is 13.7. The fourth-order valence-corrected chi connectivity index (χ4v) is 2.57. The Morgan fingerprint density at radius 1 is 1.29 bits per heavy atom. The quantitative estimate of drug-likeness (QED) is 0.409. The zero-order valence-corrected chi connectivity index (χ0v) is 18.8. The van der Waals surface area contributed by atoms with Gasteiger partial charge in [-0.1, -0.05) is 32.1 Å². The van der Waals surface area contributed by atoms with E-state index in [0.29, 0.717) is 11.5 Å². The molecule has 2 aromatic heterocycles. The molecule has 0 spiro atoms. The average Bonchev–Trinajstić information content (AvgIpc) is 3.13. The molecule has 5 nitrogen and oxygen atoms in total. The number of H-pyrrole nitrogens is 1. The molecule has 2 heterocycles. The summed E-state index contributed by atoms with van der Waals surface area (Å²) < 4.78 is 5.43. The number of nitrogens with one attached hydrogen (secondary N) is 2. The van der Waals surface area contributed by atoms with E-state index in [4.69, 9.17) is 4.42 Å². The summed E-state index contributed by atoms with van der Waals surface area (Å²) >= 11 is 4.12. The smallest absolute Gasteiger partial charge is 0.251 e. The van der Waals surface area contributed by atoms with Gasteiger partial charge >= 0.3 is 0 Å². The zero-order valence-electron chi connectivity index (χ0n) is 17.9. The van der Waals surface area contributed by atoms with E-state index in [0.717, 1.165) is 35.5 Å². The van der Waals surface area contributed by atoms with E-state index < -0.39 is 0 Å². The van der Waals surface area contributed by atoms with Gasteiger partial charge in [-0.05, 0) is 58.9 Å². The Balaban J connectivity index is 0.000000528. The summed E-state index contributed by atoms with van der Waals surface area (Å²) in [5, 5.41) is 3.86. The lowest BCUT2D eigenvalue weighted by atomic mass is 10.1. The maximum absolute atomic E-state index is 11.6. The molecule has 2 aromatic rings. The van der Waals surface area contributed by atoms with Crippen LogP contribution in [0.15, 0.2) is 56.4 Å². The van der Waals surface area contributed by atoms with E-state index in [1.165, 1.54) is 12.7 Å². The number of furan rings is 1. The van der Waals surface area contributed by atoms with Crippen LogP contribution < -0.4 is 16.6 Å². The summed E-state index contributed by atoms with van der Waals surface area (Å²) in [4.78, 5) is 14.4. The number of aromatic amines is 1. The van der Waals surface area contributed by atoms with Gasteiger partial charge in [-0.3, -0.25) is 4.79 Å². The lowest BCUT2D eigenvalue weighted by Crippen LogP contribution is -2.13. The molecule has 28 heavy (non-hydrogen) atoms. The van der Waals surface area contributed by atoms with Crippen molar-refractivity contribution in [3.8, 4) is 11.3 Å². The van der Waals surface area contributed by atoms with Crippen LogP contribution in [0.4, 0.5) is 0 Å². The molecule has 0 radical (unpaired) electrons. The highest BCUT2D eigenvalue weighted by atomic mass is 32.1. The molecule has 0 saturated heterocycles. The topological polar surface area (TPSA) is 84.0 Å². The number of aromatic nitrogens is 1. The first kappa shape index (κ1) is 25.8. The van der Waals surface area contributed by atoms with Crippen LogP contribution in [0.5, 0.6) is 0 Å². The molecule has 0 fully saturated rings. The van der Waals surface area contributed by atoms with Crippen molar-refractivity contribution >= 4 is 12.6 Å². The predicted octanol–water partition coefficient (Wildman–Crippen LogP) is 4.84. The van der Waals surface area contributed by atoms with E-state index in [1.807, 2.05) is 32.9 Å². The molecule has 156 valence electrons. The first-order valence-electron chi connectivity index (χ1n) is 9.56. The van der Waals surface area contributed by atoms with Gasteiger partial charge in [0.25, 0.3) is 5.56 Å². The summed E-state index contributed by atoms with van der Waals surface area (Å²) in [5.41, 5.74) is 8.28. The number of rotatable bonds is 6. The normalized spacial score (nSPS) is 10.8. The second kappa shape index (κ2) is 14.8. The fourth-order valence-electron chi connectivity index (χ4n) is 2.40. The number of pyridine rings is 1. The Morgan fingerprint density at radius 3 is 2.43 bits per heavy atom. The van der Waals surface area contributed by atoms with Crippen molar-refractivity contribution in [2.45, 2.75) is 52.6 Å². The first-order chi connectivity index (χ1) is 13.5. The fraction of sp³-hybridized carbons (Fsp3) is 0.409. The molecule has 0 unspecified atom stereocenters. The minimum atomic E-state index is -0.0265. The molecule has 0 aliphatic heterocycles. The van der Waals surface area contributed by atoms with Crippen molar-refractivity contribution < 1.29 is 4.42 Å². The van der Waals surface area contributed by atoms with Crippen LogP contribution in [0.3, 0.4) is 0 Å². The molecule has 0 bridgehead atoms. The van der Waals surface area contributed by atoms with E-state index in [2.05, 4.69) is 60.7 Å². The third-order valence-corrected chi connectivity index (χ3v) is 4.21. The number of aryl methyl sites for hydroxylation is 2. The van der Waals surface area contributed by atoms with Crippen LogP contribution in [0.2, 0.25) is 0 Å². The van der Waals surface area contributed by atoms with Gasteiger partial charge in [0.1, 0.15) is 5.76 Å². The minimum absolute atomic E-state index is 0.0265. The van der Waals surface area contributed by atoms with Gasteiger partial charge in [-0.2, -0.15) is 0 Å². The third kappa shape index (κ3) is 8.67. The summed E-state index contributed by atoms with van der Waals surface area (Å²) in [6, 6.07) is 5.51. The van der Waals surface area contributed by atoms with Crippen LogP contribution in [0.25, 0.3) is 11.3 Å². The molecule has 0 aliphatic carbocycles. The van der Waals surface area contributed by atoms with Gasteiger partial charge in [-0.15, -0.1) is 12.6 Å². The number of thiol groups is 1. The second-order valence-electron chi connectivity index (χ2n) is 5.77. The highest BCUT2D eigenvalue weighted by Gasteiger charge is 2.09. The molecule has 4 N–H and O–H groups in total. The van der Waals surface area contributed by atoms with E-state index in [1.54, 1.807) is 6.07 Å². The van der Waals surface area contributed by atoms with Crippen molar-refractivity contribution in [3.05, 3.63) is 63.7 Å². The van der Waals surface area contributed by atoms with E-state index in [9.17, 15) is 4.79 Å². The molecular formula is C22H35N3O2S. The summed E-state index contributed by atoms with van der Waals surface area (Å²) in [5.74, 6) is 0.730. The highest BCUT2D eigenvalue weighted by molar-refractivity contribution is 7.80. The second-order valence-corrected chi connectivity index (χ2v) is 6.21. The zero-order chi connectivity index (χ0) is 21.5. The molecular weight excluding hydrogens is 370 g/mol. The van der Waals surface area contributed by atoms with Crippen LogP contribution >= 0.6 is 12.6 Å². The number of nitrogens with two attached hydrogens (primary N) is 1. The number of hydrogen-bond donors (Lipinski definition) is 4. The Hall–Kier alpha value is -2.18. The van der Waals surface area contributed by atoms with E-state index in [-0.39, 0.29) is 5.56 Å². The minimum Gasteiger partial charge on any atom is -0.450 e. The van der Waals surface area contributed by atoms with Crippen molar-refractivity contribution in [1.29, 1.82) is 0 Å². The van der Waals surface area contributed by atoms with E-state index >= 15 is 0 Å². The van der Waals surface area contributed by atoms with Crippen molar-refractivity contribution in [2.24, 2.45) is 5.73 Å². The molecule has 0 amide bonds. The maximum Gasteiger partial charge on any atom is 0.251 e.